The first kappa shape index (κ1) is 18.9. The number of halogens is 1. The van der Waals surface area contributed by atoms with Crippen molar-refractivity contribution < 1.29 is 4.74 Å². The van der Waals surface area contributed by atoms with Gasteiger partial charge in [-0.3, -0.25) is 5.43 Å². The van der Waals surface area contributed by atoms with Crippen LogP contribution in [0.2, 0.25) is 5.02 Å². The van der Waals surface area contributed by atoms with E-state index in [0.29, 0.717) is 16.7 Å². The van der Waals surface area contributed by atoms with E-state index in [-0.39, 0.29) is 0 Å². The first-order valence-corrected chi connectivity index (χ1v) is 9.11. The molecule has 0 bridgehead atoms. The molecule has 0 aliphatic heterocycles. The first-order chi connectivity index (χ1) is 13.2. The Morgan fingerprint density at radius 2 is 1.67 bits per heavy atom. The van der Waals surface area contributed by atoms with E-state index in [1.807, 2.05) is 78.9 Å². The highest BCUT2D eigenvalue weighted by molar-refractivity contribution is 7.80. The van der Waals surface area contributed by atoms with Gasteiger partial charge in [-0.1, -0.05) is 48.0 Å². The minimum Gasteiger partial charge on any atom is -0.489 e. The number of nitrogens with zero attached hydrogens (tertiary/aromatic N) is 1. The van der Waals surface area contributed by atoms with Gasteiger partial charge in [0.05, 0.1) is 6.21 Å². The molecule has 6 heteroatoms. The topological polar surface area (TPSA) is 45.7 Å². The fourth-order valence-electron chi connectivity index (χ4n) is 2.27. The number of hydrogen-bond donors (Lipinski definition) is 2. The molecule has 0 saturated carbocycles. The number of thiocarbonyl (C=S) groups is 1. The Bertz CT molecular complexity index is 914. The van der Waals surface area contributed by atoms with Crippen molar-refractivity contribution in [3.05, 3.63) is 95.0 Å². The summed E-state index contributed by atoms with van der Waals surface area (Å²) in [6.45, 7) is 0.425. The van der Waals surface area contributed by atoms with Gasteiger partial charge in [0.15, 0.2) is 5.11 Å². The average molecular weight is 396 g/mol. The van der Waals surface area contributed by atoms with Gasteiger partial charge in [0.2, 0.25) is 0 Å². The molecule has 3 aromatic rings. The van der Waals surface area contributed by atoms with Gasteiger partial charge in [-0.15, -0.1) is 0 Å². The Kier molecular flexibility index (Phi) is 6.79. The van der Waals surface area contributed by atoms with E-state index in [0.717, 1.165) is 22.6 Å². The predicted octanol–water partition coefficient (Wildman–Crippen LogP) is 5.24. The minimum atomic E-state index is 0.425. The molecule has 4 nitrogen and oxygen atoms in total. The third-order valence-corrected chi connectivity index (χ3v) is 4.21. The molecule has 136 valence electrons. The molecule has 0 fully saturated rings. The molecule has 0 atom stereocenters. The van der Waals surface area contributed by atoms with Crippen molar-refractivity contribution in [3.8, 4) is 5.75 Å². The summed E-state index contributed by atoms with van der Waals surface area (Å²) in [6, 6.07) is 24.9. The van der Waals surface area contributed by atoms with E-state index in [9.17, 15) is 0 Å². The summed E-state index contributed by atoms with van der Waals surface area (Å²) in [5.74, 6) is 0.765. The highest BCUT2D eigenvalue weighted by atomic mass is 35.5. The van der Waals surface area contributed by atoms with Crippen molar-refractivity contribution in [2.45, 2.75) is 6.61 Å². The number of ether oxygens (including phenoxy) is 1. The zero-order chi connectivity index (χ0) is 18.9. The number of hydrazone groups is 1. The molecule has 0 unspecified atom stereocenters. The maximum atomic E-state index is 6.13. The van der Waals surface area contributed by atoms with Crippen molar-refractivity contribution in [1.29, 1.82) is 0 Å². The second-order valence-corrected chi connectivity index (χ2v) is 6.45. The van der Waals surface area contributed by atoms with Crippen molar-refractivity contribution in [1.82, 2.24) is 5.43 Å². The van der Waals surface area contributed by atoms with Crippen molar-refractivity contribution in [2.75, 3.05) is 5.32 Å². The van der Waals surface area contributed by atoms with E-state index in [1.165, 1.54) is 0 Å². The van der Waals surface area contributed by atoms with Gasteiger partial charge >= 0.3 is 0 Å². The molecule has 27 heavy (non-hydrogen) atoms. The van der Waals surface area contributed by atoms with Crippen molar-refractivity contribution in [3.63, 3.8) is 0 Å². The summed E-state index contributed by atoms with van der Waals surface area (Å²) in [6.07, 6.45) is 1.69. The van der Waals surface area contributed by atoms with E-state index in [2.05, 4.69) is 15.8 Å². The van der Waals surface area contributed by atoms with Crippen LogP contribution in [0.3, 0.4) is 0 Å². The molecule has 0 aliphatic rings. The second-order valence-electron chi connectivity index (χ2n) is 5.64. The summed E-state index contributed by atoms with van der Waals surface area (Å²) in [7, 11) is 0. The molecular formula is C21H18ClN3OS. The standard InChI is InChI=1S/C21H18ClN3OS/c22-20-9-5-4-6-17(20)15-26-19-12-10-16(11-13-19)14-23-25-21(27)24-18-7-2-1-3-8-18/h1-14H,15H2,(H2,24,25,27)/b23-14-. The fourth-order valence-corrected chi connectivity index (χ4v) is 2.63. The number of rotatable bonds is 6. The fraction of sp³-hybridized carbons (Fsp3) is 0.0476. The van der Waals surface area contributed by atoms with Crippen LogP contribution in [0.25, 0.3) is 0 Å². The Balaban J connectivity index is 1.48. The minimum absolute atomic E-state index is 0.425. The zero-order valence-electron chi connectivity index (χ0n) is 14.4. The van der Waals surface area contributed by atoms with Gasteiger partial charge in [-0.05, 0) is 60.2 Å². The molecule has 0 aliphatic carbocycles. The van der Waals surface area contributed by atoms with Crippen LogP contribution in [0.1, 0.15) is 11.1 Å². The van der Waals surface area contributed by atoms with Crippen molar-refractivity contribution >= 4 is 40.8 Å². The molecule has 0 heterocycles. The molecule has 0 saturated heterocycles. The summed E-state index contributed by atoms with van der Waals surface area (Å²) < 4.78 is 5.76. The molecule has 2 N–H and O–H groups in total. The summed E-state index contributed by atoms with van der Waals surface area (Å²) >= 11 is 11.3. The number of para-hydroxylation sites is 1. The Morgan fingerprint density at radius 3 is 2.41 bits per heavy atom. The maximum absolute atomic E-state index is 6.13. The number of nitrogens with one attached hydrogen (secondary N) is 2. The monoisotopic (exact) mass is 395 g/mol. The SMILES string of the molecule is S=C(N/N=C\c1ccc(OCc2ccccc2Cl)cc1)Nc1ccccc1. The van der Waals surface area contributed by atoms with Gasteiger partial charge in [-0.25, -0.2) is 0 Å². The van der Waals surface area contributed by atoms with Gasteiger partial charge in [-0.2, -0.15) is 5.10 Å². The Morgan fingerprint density at radius 1 is 0.963 bits per heavy atom. The molecule has 0 spiro atoms. The average Bonchev–Trinajstić information content (AvgIpc) is 2.69. The maximum Gasteiger partial charge on any atom is 0.191 e. The lowest BCUT2D eigenvalue weighted by Crippen LogP contribution is -2.23. The lowest BCUT2D eigenvalue weighted by atomic mass is 10.2. The van der Waals surface area contributed by atoms with Crippen LogP contribution in [-0.2, 0) is 6.61 Å². The quantitative estimate of drug-likeness (QED) is 0.340. The van der Waals surface area contributed by atoms with Crippen LogP contribution in [0.15, 0.2) is 84.0 Å². The van der Waals surface area contributed by atoms with Crippen LogP contribution < -0.4 is 15.5 Å². The summed E-state index contributed by atoms with van der Waals surface area (Å²) in [4.78, 5) is 0. The van der Waals surface area contributed by atoms with Crippen LogP contribution in [0, 0.1) is 0 Å². The third-order valence-electron chi connectivity index (χ3n) is 3.64. The van der Waals surface area contributed by atoms with Gasteiger partial charge in [0.25, 0.3) is 0 Å². The lowest BCUT2D eigenvalue weighted by Gasteiger charge is -2.08. The van der Waals surface area contributed by atoms with Gasteiger partial charge in [0, 0.05) is 16.3 Å². The van der Waals surface area contributed by atoms with Gasteiger partial charge in [0.1, 0.15) is 12.4 Å². The number of benzene rings is 3. The molecule has 3 aromatic carbocycles. The lowest BCUT2D eigenvalue weighted by molar-refractivity contribution is 0.306. The van der Waals surface area contributed by atoms with E-state index < -0.39 is 0 Å². The Hall–Kier alpha value is -2.89. The summed E-state index contributed by atoms with van der Waals surface area (Å²) in [5.41, 5.74) is 5.58. The normalized spacial score (nSPS) is 10.6. The molecule has 3 rings (SSSR count). The predicted molar refractivity (Wildman–Crippen MR) is 116 cm³/mol. The molecular weight excluding hydrogens is 378 g/mol. The van der Waals surface area contributed by atoms with Crippen molar-refractivity contribution in [2.24, 2.45) is 5.10 Å². The van der Waals surface area contributed by atoms with E-state index in [4.69, 9.17) is 28.6 Å². The second kappa shape index (κ2) is 9.71. The van der Waals surface area contributed by atoms with Crippen LogP contribution in [-0.4, -0.2) is 11.3 Å². The first-order valence-electron chi connectivity index (χ1n) is 8.32. The van der Waals surface area contributed by atoms with Crippen LogP contribution in [0.5, 0.6) is 5.75 Å². The van der Waals surface area contributed by atoms with Crippen LogP contribution in [0.4, 0.5) is 5.69 Å². The molecule has 0 radical (unpaired) electrons. The highest BCUT2D eigenvalue weighted by Gasteiger charge is 2.00. The highest BCUT2D eigenvalue weighted by Crippen LogP contribution is 2.18. The van der Waals surface area contributed by atoms with E-state index in [1.54, 1.807) is 6.21 Å². The van der Waals surface area contributed by atoms with Crippen LogP contribution >= 0.6 is 23.8 Å². The third kappa shape index (κ3) is 6.09. The Labute approximate surface area is 168 Å². The zero-order valence-corrected chi connectivity index (χ0v) is 16.0. The summed E-state index contributed by atoms with van der Waals surface area (Å²) in [5, 5.41) is 8.31. The number of anilines is 1. The van der Waals surface area contributed by atoms with Gasteiger partial charge < -0.3 is 10.1 Å². The number of hydrogen-bond acceptors (Lipinski definition) is 3. The smallest absolute Gasteiger partial charge is 0.191 e. The largest absolute Gasteiger partial charge is 0.489 e. The molecule has 0 amide bonds. The molecule has 0 aromatic heterocycles. The van der Waals surface area contributed by atoms with E-state index >= 15 is 0 Å².